The van der Waals surface area contributed by atoms with Gasteiger partial charge in [-0.25, -0.2) is 0 Å². The topological polar surface area (TPSA) is 56.1 Å². The summed E-state index contributed by atoms with van der Waals surface area (Å²) in [6.07, 6.45) is 1.62. The first-order chi connectivity index (χ1) is 12.5. The monoisotopic (exact) mass is 347 g/mol. The van der Waals surface area contributed by atoms with Crippen molar-refractivity contribution in [3.05, 3.63) is 64.7 Å². The number of aryl methyl sites for hydroxylation is 2. The molecule has 0 aliphatic rings. The molecule has 0 aromatic heterocycles. The smallest absolute Gasteiger partial charge is 0.266 e. The highest BCUT2D eigenvalue weighted by atomic mass is 16.1. The van der Waals surface area contributed by atoms with Crippen LogP contribution in [0.25, 0.3) is 6.08 Å². The quantitative estimate of drug-likeness (QED) is 0.609. The van der Waals surface area contributed by atoms with Gasteiger partial charge < -0.3 is 10.2 Å². The highest BCUT2D eigenvalue weighted by Crippen LogP contribution is 2.19. The molecule has 0 atom stereocenters. The van der Waals surface area contributed by atoms with E-state index in [0.29, 0.717) is 0 Å². The van der Waals surface area contributed by atoms with Gasteiger partial charge in [0, 0.05) is 24.5 Å². The zero-order valence-electron chi connectivity index (χ0n) is 15.8. The first kappa shape index (κ1) is 19.3. The molecule has 2 aromatic rings. The Labute approximate surface area is 155 Å². The molecule has 0 radical (unpaired) electrons. The summed E-state index contributed by atoms with van der Waals surface area (Å²) in [5.74, 6) is -0.396. The van der Waals surface area contributed by atoms with Gasteiger partial charge in [-0.2, -0.15) is 5.26 Å². The molecule has 0 spiro atoms. The van der Waals surface area contributed by atoms with E-state index in [1.54, 1.807) is 6.08 Å². The van der Waals surface area contributed by atoms with Crippen molar-refractivity contribution in [2.24, 2.45) is 0 Å². The molecule has 0 aliphatic heterocycles. The summed E-state index contributed by atoms with van der Waals surface area (Å²) in [5.41, 5.74) is 4.86. The zero-order valence-corrected chi connectivity index (χ0v) is 15.8. The summed E-state index contributed by atoms with van der Waals surface area (Å²) in [7, 11) is 0. The Hall–Kier alpha value is -3.06. The molecule has 134 valence electrons. The summed E-state index contributed by atoms with van der Waals surface area (Å²) >= 11 is 0. The van der Waals surface area contributed by atoms with Gasteiger partial charge in [0.2, 0.25) is 0 Å². The maximum absolute atomic E-state index is 12.4. The highest BCUT2D eigenvalue weighted by molar-refractivity contribution is 6.10. The molecule has 0 aliphatic carbocycles. The molecule has 0 saturated heterocycles. The van der Waals surface area contributed by atoms with Crippen LogP contribution in [0, 0.1) is 25.2 Å². The maximum Gasteiger partial charge on any atom is 0.266 e. The number of anilines is 2. The van der Waals surface area contributed by atoms with E-state index in [2.05, 4.69) is 24.1 Å². The third kappa shape index (κ3) is 4.73. The number of hydrogen-bond donors (Lipinski definition) is 1. The van der Waals surface area contributed by atoms with Crippen LogP contribution < -0.4 is 10.2 Å². The molecule has 0 unspecified atom stereocenters. The fourth-order valence-electron chi connectivity index (χ4n) is 2.83. The van der Waals surface area contributed by atoms with Crippen LogP contribution in [-0.2, 0) is 4.79 Å². The van der Waals surface area contributed by atoms with Gasteiger partial charge >= 0.3 is 0 Å². The van der Waals surface area contributed by atoms with Crippen molar-refractivity contribution < 1.29 is 4.79 Å². The lowest BCUT2D eigenvalue weighted by molar-refractivity contribution is -0.112. The molecule has 0 heterocycles. The van der Waals surface area contributed by atoms with Gasteiger partial charge in [0.05, 0.1) is 0 Å². The fourth-order valence-corrected chi connectivity index (χ4v) is 2.83. The predicted molar refractivity (Wildman–Crippen MR) is 108 cm³/mol. The van der Waals surface area contributed by atoms with Crippen LogP contribution in [0.1, 0.15) is 30.5 Å². The van der Waals surface area contributed by atoms with Gasteiger partial charge in [-0.1, -0.05) is 29.8 Å². The summed E-state index contributed by atoms with van der Waals surface area (Å²) in [5, 5.41) is 12.2. The Morgan fingerprint density at radius 3 is 2.31 bits per heavy atom. The molecular weight excluding hydrogens is 322 g/mol. The van der Waals surface area contributed by atoms with Crippen LogP contribution >= 0.6 is 0 Å². The van der Waals surface area contributed by atoms with Gasteiger partial charge in [0.15, 0.2) is 0 Å². The van der Waals surface area contributed by atoms with Crippen LogP contribution in [0.2, 0.25) is 0 Å². The van der Waals surface area contributed by atoms with Crippen molar-refractivity contribution in [1.82, 2.24) is 0 Å². The minimum absolute atomic E-state index is 0.0839. The summed E-state index contributed by atoms with van der Waals surface area (Å²) < 4.78 is 0. The second-order valence-corrected chi connectivity index (χ2v) is 6.21. The Balaban J connectivity index is 2.19. The SMILES string of the molecule is CCN(CC)c1ccc(/C=C(\C#N)C(=O)Nc2ccc(C)cc2C)cc1. The third-order valence-corrected chi connectivity index (χ3v) is 4.33. The predicted octanol–water partition coefficient (Wildman–Crippen LogP) is 4.70. The molecule has 1 N–H and O–H groups in total. The lowest BCUT2D eigenvalue weighted by Crippen LogP contribution is -2.21. The van der Waals surface area contributed by atoms with Crippen molar-refractivity contribution in [3.63, 3.8) is 0 Å². The van der Waals surface area contributed by atoms with Gasteiger partial charge in [-0.3, -0.25) is 4.79 Å². The molecule has 26 heavy (non-hydrogen) atoms. The summed E-state index contributed by atoms with van der Waals surface area (Å²) in [4.78, 5) is 14.7. The maximum atomic E-state index is 12.4. The number of carbonyl (C=O) groups excluding carboxylic acids is 1. The molecule has 2 aromatic carbocycles. The van der Waals surface area contributed by atoms with Crippen molar-refractivity contribution in [2.75, 3.05) is 23.3 Å². The van der Waals surface area contributed by atoms with E-state index in [9.17, 15) is 10.1 Å². The first-order valence-corrected chi connectivity index (χ1v) is 8.83. The number of nitrogens with zero attached hydrogens (tertiary/aromatic N) is 2. The van der Waals surface area contributed by atoms with E-state index in [4.69, 9.17) is 0 Å². The largest absolute Gasteiger partial charge is 0.372 e. The van der Waals surface area contributed by atoms with Gasteiger partial charge in [-0.15, -0.1) is 0 Å². The van der Waals surface area contributed by atoms with E-state index in [0.717, 1.165) is 41.2 Å². The Kier molecular flexibility index (Phi) is 6.57. The fraction of sp³-hybridized carbons (Fsp3) is 0.273. The molecule has 1 amide bonds. The number of carbonyl (C=O) groups is 1. The standard InChI is InChI=1S/C22H25N3O/c1-5-25(6-2)20-10-8-18(9-11-20)14-19(15-23)22(26)24-21-12-7-16(3)13-17(21)4/h7-14H,5-6H2,1-4H3,(H,24,26)/b19-14+. The molecule has 0 saturated carbocycles. The van der Waals surface area contributed by atoms with Crippen LogP contribution in [0.5, 0.6) is 0 Å². The highest BCUT2D eigenvalue weighted by Gasteiger charge is 2.11. The molecular formula is C22H25N3O. The van der Waals surface area contributed by atoms with E-state index in [1.807, 2.05) is 62.4 Å². The molecule has 0 bridgehead atoms. The van der Waals surface area contributed by atoms with E-state index in [-0.39, 0.29) is 5.57 Å². The van der Waals surface area contributed by atoms with Crippen molar-refractivity contribution in [1.29, 1.82) is 5.26 Å². The van der Waals surface area contributed by atoms with Crippen LogP contribution in [0.4, 0.5) is 11.4 Å². The van der Waals surface area contributed by atoms with Crippen LogP contribution in [-0.4, -0.2) is 19.0 Å². The number of hydrogen-bond acceptors (Lipinski definition) is 3. The normalized spacial score (nSPS) is 11.0. The average molecular weight is 347 g/mol. The van der Waals surface area contributed by atoms with Gasteiger partial charge in [0.1, 0.15) is 11.6 Å². The Bertz CT molecular complexity index is 841. The van der Waals surface area contributed by atoms with E-state index < -0.39 is 5.91 Å². The first-order valence-electron chi connectivity index (χ1n) is 8.83. The van der Waals surface area contributed by atoms with Crippen LogP contribution in [0.15, 0.2) is 48.0 Å². The van der Waals surface area contributed by atoms with E-state index >= 15 is 0 Å². The Morgan fingerprint density at radius 1 is 1.12 bits per heavy atom. The lowest BCUT2D eigenvalue weighted by atomic mass is 10.1. The average Bonchev–Trinajstić information content (AvgIpc) is 2.64. The number of nitrogens with one attached hydrogen (secondary N) is 1. The van der Waals surface area contributed by atoms with Gasteiger partial charge in [-0.05, 0) is 63.1 Å². The summed E-state index contributed by atoms with van der Waals surface area (Å²) in [6, 6.07) is 15.7. The number of amides is 1. The van der Waals surface area contributed by atoms with Gasteiger partial charge in [0.25, 0.3) is 5.91 Å². The second-order valence-electron chi connectivity index (χ2n) is 6.21. The van der Waals surface area contributed by atoms with Crippen molar-refractivity contribution >= 4 is 23.4 Å². The number of benzene rings is 2. The zero-order chi connectivity index (χ0) is 19.1. The minimum Gasteiger partial charge on any atom is -0.372 e. The molecule has 0 fully saturated rings. The van der Waals surface area contributed by atoms with Crippen LogP contribution in [0.3, 0.4) is 0 Å². The lowest BCUT2D eigenvalue weighted by Gasteiger charge is -2.20. The Morgan fingerprint density at radius 2 is 1.77 bits per heavy atom. The molecule has 4 heteroatoms. The third-order valence-electron chi connectivity index (χ3n) is 4.33. The van der Waals surface area contributed by atoms with Crippen molar-refractivity contribution in [3.8, 4) is 6.07 Å². The number of nitriles is 1. The minimum atomic E-state index is -0.396. The van der Waals surface area contributed by atoms with Crippen molar-refractivity contribution in [2.45, 2.75) is 27.7 Å². The van der Waals surface area contributed by atoms with E-state index in [1.165, 1.54) is 0 Å². The molecule has 4 nitrogen and oxygen atoms in total. The summed E-state index contributed by atoms with van der Waals surface area (Å²) in [6.45, 7) is 10.0. The number of rotatable bonds is 6. The molecule has 2 rings (SSSR count). The second kappa shape index (κ2) is 8.87.